The zero-order chi connectivity index (χ0) is 12.5. The molecule has 1 saturated heterocycles. The maximum absolute atomic E-state index is 11.5. The summed E-state index contributed by atoms with van der Waals surface area (Å²) in [7, 11) is 0. The van der Waals surface area contributed by atoms with Crippen LogP contribution in [0.3, 0.4) is 0 Å². The van der Waals surface area contributed by atoms with E-state index in [0.717, 1.165) is 45.7 Å². The van der Waals surface area contributed by atoms with Crippen molar-refractivity contribution in [3.05, 3.63) is 0 Å². The van der Waals surface area contributed by atoms with Crippen LogP contribution in [0.25, 0.3) is 0 Å². The van der Waals surface area contributed by atoms with E-state index in [1.807, 2.05) is 6.92 Å². The number of carbonyl (C=O) groups excluding carboxylic acids is 1. The third-order valence-electron chi connectivity index (χ3n) is 3.08. The molecule has 1 amide bonds. The molecule has 0 unspecified atom stereocenters. The van der Waals surface area contributed by atoms with Crippen LogP contribution < -0.4 is 5.73 Å². The van der Waals surface area contributed by atoms with E-state index in [4.69, 9.17) is 10.5 Å². The van der Waals surface area contributed by atoms with E-state index in [-0.39, 0.29) is 6.09 Å². The predicted octanol–water partition coefficient (Wildman–Crippen LogP) is 0.890. The summed E-state index contributed by atoms with van der Waals surface area (Å²) in [4.78, 5) is 15.7. The van der Waals surface area contributed by atoms with Gasteiger partial charge in [-0.2, -0.15) is 0 Å². The lowest BCUT2D eigenvalue weighted by atomic mass is 10.2. The quantitative estimate of drug-likeness (QED) is 0.704. The van der Waals surface area contributed by atoms with Gasteiger partial charge in [0.15, 0.2) is 0 Å². The first kappa shape index (κ1) is 14.3. The van der Waals surface area contributed by atoms with Crippen molar-refractivity contribution in [3.63, 3.8) is 0 Å². The highest BCUT2D eigenvalue weighted by Gasteiger charge is 2.21. The standard InChI is InChI=1S/C12H25N3O2/c1-2-17-12(16)15-10-8-14(9-11-15)7-5-3-4-6-13/h2-11,13H2,1H3. The molecule has 0 radical (unpaired) electrons. The first-order valence-corrected chi connectivity index (χ1v) is 6.62. The molecule has 5 nitrogen and oxygen atoms in total. The normalized spacial score (nSPS) is 17.2. The van der Waals surface area contributed by atoms with Crippen molar-refractivity contribution >= 4 is 6.09 Å². The Morgan fingerprint density at radius 2 is 1.88 bits per heavy atom. The molecule has 0 atom stereocenters. The van der Waals surface area contributed by atoms with Crippen molar-refractivity contribution in [2.24, 2.45) is 5.73 Å². The average Bonchev–Trinajstić information content (AvgIpc) is 2.36. The van der Waals surface area contributed by atoms with Gasteiger partial charge in [-0.15, -0.1) is 0 Å². The summed E-state index contributed by atoms with van der Waals surface area (Å²) in [5, 5.41) is 0. The van der Waals surface area contributed by atoms with Gasteiger partial charge in [0.2, 0.25) is 0 Å². The highest BCUT2D eigenvalue weighted by atomic mass is 16.6. The number of rotatable bonds is 6. The fraction of sp³-hybridized carbons (Fsp3) is 0.917. The van der Waals surface area contributed by atoms with Gasteiger partial charge in [-0.3, -0.25) is 4.90 Å². The third kappa shape index (κ3) is 5.37. The molecule has 1 fully saturated rings. The van der Waals surface area contributed by atoms with Gasteiger partial charge < -0.3 is 15.4 Å². The van der Waals surface area contributed by atoms with Crippen molar-refractivity contribution in [3.8, 4) is 0 Å². The maximum atomic E-state index is 11.5. The number of ether oxygens (including phenoxy) is 1. The highest BCUT2D eigenvalue weighted by molar-refractivity contribution is 5.67. The zero-order valence-electron chi connectivity index (χ0n) is 10.9. The fourth-order valence-electron chi connectivity index (χ4n) is 2.03. The molecule has 0 saturated carbocycles. The van der Waals surface area contributed by atoms with E-state index in [1.54, 1.807) is 4.90 Å². The number of carbonyl (C=O) groups is 1. The van der Waals surface area contributed by atoms with Crippen LogP contribution >= 0.6 is 0 Å². The molecule has 1 aliphatic heterocycles. The summed E-state index contributed by atoms with van der Waals surface area (Å²) >= 11 is 0. The molecule has 0 bridgehead atoms. The lowest BCUT2D eigenvalue weighted by Crippen LogP contribution is -2.49. The Bertz CT molecular complexity index is 216. The summed E-state index contributed by atoms with van der Waals surface area (Å²) in [5.74, 6) is 0. The molecular formula is C12H25N3O2. The number of hydrogen-bond donors (Lipinski definition) is 1. The van der Waals surface area contributed by atoms with E-state index in [2.05, 4.69) is 4.90 Å². The van der Waals surface area contributed by atoms with Gasteiger partial charge >= 0.3 is 6.09 Å². The maximum Gasteiger partial charge on any atom is 0.409 e. The molecule has 1 aliphatic rings. The van der Waals surface area contributed by atoms with Crippen molar-refractivity contribution in [1.82, 2.24) is 9.80 Å². The van der Waals surface area contributed by atoms with Crippen molar-refractivity contribution < 1.29 is 9.53 Å². The van der Waals surface area contributed by atoms with Crippen LogP contribution in [0.1, 0.15) is 26.2 Å². The molecule has 0 aromatic rings. The van der Waals surface area contributed by atoms with Crippen LogP contribution in [0, 0.1) is 0 Å². The van der Waals surface area contributed by atoms with Crippen LogP contribution in [0.4, 0.5) is 4.79 Å². The number of piperazine rings is 1. The Hall–Kier alpha value is -0.810. The van der Waals surface area contributed by atoms with Gasteiger partial charge in [0.05, 0.1) is 6.61 Å². The van der Waals surface area contributed by atoms with E-state index in [1.165, 1.54) is 12.8 Å². The van der Waals surface area contributed by atoms with E-state index in [0.29, 0.717) is 6.61 Å². The molecule has 0 aromatic heterocycles. The molecule has 0 aromatic carbocycles. The molecule has 0 aliphatic carbocycles. The van der Waals surface area contributed by atoms with Crippen molar-refractivity contribution in [2.75, 3.05) is 45.9 Å². The smallest absolute Gasteiger partial charge is 0.409 e. The van der Waals surface area contributed by atoms with Crippen molar-refractivity contribution in [2.45, 2.75) is 26.2 Å². The van der Waals surface area contributed by atoms with Gasteiger partial charge in [0, 0.05) is 26.2 Å². The largest absolute Gasteiger partial charge is 0.450 e. The minimum absolute atomic E-state index is 0.171. The molecule has 1 rings (SSSR count). The Kier molecular flexibility index (Phi) is 6.96. The fourth-order valence-corrected chi connectivity index (χ4v) is 2.03. The second kappa shape index (κ2) is 8.31. The Balaban J connectivity index is 2.11. The molecule has 1 heterocycles. The summed E-state index contributed by atoms with van der Waals surface area (Å²) in [5.41, 5.74) is 5.46. The molecule has 0 spiro atoms. The van der Waals surface area contributed by atoms with Gasteiger partial charge in [-0.25, -0.2) is 4.79 Å². The Morgan fingerprint density at radius 1 is 1.18 bits per heavy atom. The van der Waals surface area contributed by atoms with Gasteiger partial charge in [0.1, 0.15) is 0 Å². The van der Waals surface area contributed by atoms with Crippen LogP contribution in [-0.2, 0) is 4.74 Å². The molecule has 100 valence electrons. The minimum Gasteiger partial charge on any atom is -0.450 e. The highest BCUT2D eigenvalue weighted by Crippen LogP contribution is 2.05. The first-order valence-electron chi connectivity index (χ1n) is 6.62. The number of unbranched alkanes of at least 4 members (excludes halogenated alkanes) is 2. The minimum atomic E-state index is -0.171. The number of nitrogens with two attached hydrogens (primary N) is 1. The lowest BCUT2D eigenvalue weighted by Gasteiger charge is -2.33. The molecule has 2 N–H and O–H groups in total. The van der Waals surface area contributed by atoms with E-state index >= 15 is 0 Å². The number of amides is 1. The zero-order valence-corrected chi connectivity index (χ0v) is 10.9. The van der Waals surface area contributed by atoms with E-state index in [9.17, 15) is 4.79 Å². The summed E-state index contributed by atoms with van der Waals surface area (Å²) in [6, 6.07) is 0. The number of hydrogen-bond acceptors (Lipinski definition) is 4. The first-order chi connectivity index (χ1) is 8.27. The lowest BCUT2D eigenvalue weighted by molar-refractivity contribution is 0.0792. The van der Waals surface area contributed by atoms with Gasteiger partial charge in [0.25, 0.3) is 0 Å². The number of nitrogens with zero attached hydrogens (tertiary/aromatic N) is 2. The second-order valence-corrected chi connectivity index (χ2v) is 4.38. The molecule has 17 heavy (non-hydrogen) atoms. The molecular weight excluding hydrogens is 218 g/mol. The van der Waals surface area contributed by atoms with Crippen LogP contribution in [0.15, 0.2) is 0 Å². The summed E-state index contributed by atoms with van der Waals surface area (Å²) in [6.45, 7) is 7.70. The SMILES string of the molecule is CCOC(=O)N1CCN(CCCCCN)CC1. The Morgan fingerprint density at radius 3 is 2.47 bits per heavy atom. The van der Waals surface area contributed by atoms with Gasteiger partial charge in [-0.1, -0.05) is 6.42 Å². The summed E-state index contributed by atoms with van der Waals surface area (Å²) < 4.78 is 4.98. The van der Waals surface area contributed by atoms with Gasteiger partial charge in [-0.05, 0) is 32.9 Å². The monoisotopic (exact) mass is 243 g/mol. The molecule has 5 heteroatoms. The van der Waals surface area contributed by atoms with Crippen LogP contribution in [-0.4, -0.2) is 61.8 Å². The average molecular weight is 243 g/mol. The van der Waals surface area contributed by atoms with Crippen LogP contribution in [0.5, 0.6) is 0 Å². The Labute approximate surface area is 104 Å². The van der Waals surface area contributed by atoms with E-state index < -0.39 is 0 Å². The van der Waals surface area contributed by atoms with Crippen molar-refractivity contribution in [1.29, 1.82) is 0 Å². The van der Waals surface area contributed by atoms with Crippen LogP contribution in [0.2, 0.25) is 0 Å². The third-order valence-corrected chi connectivity index (χ3v) is 3.08. The predicted molar refractivity (Wildman–Crippen MR) is 67.9 cm³/mol. The topological polar surface area (TPSA) is 58.8 Å². The second-order valence-electron chi connectivity index (χ2n) is 4.38. The summed E-state index contributed by atoms with van der Waals surface area (Å²) in [6.07, 6.45) is 3.35.